The van der Waals surface area contributed by atoms with Crippen molar-refractivity contribution in [3.8, 4) is 0 Å². The van der Waals surface area contributed by atoms with Gasteiger partial charge in [0.2, 0.25) is 11.8 Å². The Kier molecular flexibility index (Phi) is 5.41. The van der Waals surface area contributed by atoms with E-state index in [0.717, 1.165) is 36.3 Å². The largest absolute Gasteiger partial charge is 0.376 e. The quantitative estimate of drug-likeness (QED) is 0.899. The number of amides is 2. The average Bonchev–Trinajstić information content (AvgIpc) is 2.48. The number of hydrogen-bond donors (Lipinski definition) is 2. The molecule has 1 unspecified atom stereocenters. The number of piperidine rings is 1. The summed E-state index contributed by atoms with van der Waals surface area (Å²) in [7, 11) is 0. The summed E-state index contributed by atoms with van der Waals surface area (Å²) >= 11 is 0. The van der Waals surface area contributed by atoms with E-state index in [2.05, 4.69) is 17.6 Å². The maximum atomic E-state index is 12.3. The predicted molar refractivity (Wildman–Crippen MR) is 89.0 cm³/mol. The summed E-state index contributed by atoms with van der Waals surface area (Å²) in [6.07, 6.45) is 3.38. The minimum absolute atomic E-state index is 0.0986. The first-order valence-electron chi connectivity index (χ1n) is 7.89. The first-order valence-corrected chi connectivity index (χ1v) is 7.89. The highest BCUT2D eigenvalue weighted by atomic mass is 16.2. The van der Waals surface area contributed by atoms with Crippen LogP contribution in [0.1, 0.15) is 38.7 Å². The molecule has 1 atom stereocenters. The Morgan fingerprint density at radius 3 is 2.68 bits per heavy atom. The highest BCUT2D eigenvalue weighted by Crippen LogP contribution is 2.23. The second-order valence-corrected chi connectivity index (χ2v) is 5.94. The lowest BCUT2D eigenvalue weighted by Crippen LogP contribution is -2.44. The molecule has 1 aliphatic heterocycles. The maximum absolute atomic E-state index is 12.3. The summed E-state index contributed by atoms with van der Waals surface area (Å²) in [5, 5.41) is 6.00. The SMILES string of the molecule is CC(=O)Nc1cccc(NCC(=O)N2CCCCC2C)c1C. The molecule has 0 radical (unpaired) electrons. The number of nitrogens with zero attached hydrogens (tertiary/aromatic N) is 1. The fourth-order valence-electron chi connectivity index (χ4n) is 2.89. The molecule has 1 saturated heterocycles. The van der Waals surface area contributed by atoms with E-state index in [1.165, 1.54) is 13.3 Å². The molecule has 22 heavy (non-hydrogen) atoms. The fourth-order valence-corrected chi connectivity index (χ4v) is 2.89. The first kappa shape index (κ1) is 16.3. The molecule has 5 nitrogen and oxygen atoms in total. The van der Waals surface area contributed by atoms with Crippen molar-refractivity contribution >= 4 is 23.2 Å². The van der Waals surface area contributed by atoms with Gasteiger partial charge in [0.25, 0.3) is 0 Å². The summed E-state index contributed by atoms with van der Waals surface area (Å²) in [6, 6.07) is 5.98. The zero-order chi connectivity index (χ0) is 16.1. The highest BCUT2D eigenvalue weighted by Gasteiger charge is 2.22. The molecule has 5 heteroatoms. The number of benzene rings is 1. The lowest BCUT2D eigenvalue weighted by Gasteiger charge is -2.33. The van der Waals surface area contributed by atoms with Gasteiger partial charge in [-0.2, -0.15) is 0 Å². The predicted octanol–water partition coefficient (Wildman–Crippen LogP) is 2.77. The number of carbonyl (C=O) groups excluding carboxylic acids is 2. The van der Waals surface area contributed by atoms with Gasteiger partial charge in [0.05, 0.1) is 6.54 Å². The minimum atomic E-state index is -0.0986. The van der Waals surface area contributed by atoms with Crippen molar-refractivity contribution in [2.45, 2.75) is 46.1 Å². The third-order valence-corrected chi connectivity index (χ3v) is 4.20. The van der Waals surface area contributed by atoms with Gasteiger partial charge in [0.1, 0.15) is 0 Å². The van der Waals surface area contributed by atoms with Gasteiger partial charge in [-0.15, -0.1) is 0 Å². The topological polar surface area (TPSA) is 61.4 Å². The molecule has 2 amide bonds. The Morgan fingerprint density at radius 1 is 1.27 bits per heavy atom. The van der Waals surface area contributed by atoms with Crippen molar-refractivity contribution in [3.63, 3.8) is 0 Å². The highest BCUT2D eigenvalue weighted by molar-refractivity contribution is 5.91. The minimum Gasteiger partial charge on any atom is -0.376 e. The lowest BCUT2D eigenvalue weighted by atomic mass is 10.0. The molecule has 2 rings (SSSR count). The normalized spacial score (nSPS) is 18.0. The van der Waals surface area contributed by atoms with Crippen LogP contribution in [-0.4, -0.2) is 35.8 Å². The van der Waals surface area contributed by atoms with Crippen molar-refractivity contribution in [2.24, 2.45) is 0 Å². The van der Waals surface area contributed by atoms with Crippen LogP contribution in [0.15, 0.2) is 18.2 Å². The maximum Gasteiger partial charge on any atom is 0.242 e. The molecule has 0 saturated carbocycles. The van der Waals surface area contributed by atoms with Crippen molar-refractivity contribution in [2.75, 3.05) is 23.7 Å². The number of anilines is 2. The van der Waals surface area contributed by atoms with Gasteiger partial charge < -0.3 is 15.5 Å². The summed E-state index contributed by atoms with van der Waals surface area (Å²) in [5.74, 6) is 0.0370. The average molecular weight is 303 g/mol. The Labute approximate surface area is 132 Å². The number of carbonyl (C=O) groups is 2. The molecule has 0 bridgehead atoms. The van der Waals surface area contributed by atoms with Crippen LogP contribution in [0.2, 0.25) is 0 Å². The van der Waals surface area contributed by atoms with Crippen LogP contribution in [-0.2, 0) is 9.59 Å². The number of likely N-dealkylation sites (tertiary alicyclic amines) is 1. The lowest BCUT2D eigenvalue weighted by molar-refractivity contribution is -0.132. The Morgan fingerprint density at radius 2 is 2.00 bits per heavy atom. The van der Waals surface area contributed by atoms with E-state index in [1.54, 1.807) is 0 Å². The van der Waals surface area contributed by atoms with Gasteiger partial charge in [0, 0.05) is 30.9 Å². The van der Waals surface area contributed by atoms with E-state index < -0.39 is 0 Å². The van der Waals surface area contributed by atoms with E-state index >= 15 is 0 Å². The van der Waals surface area contributed by atoms with E-state index in [1.807, 2.05) is 30.0 Å². The number of hydrogen-bond acceptors (Lipinski definition) is 3. The molecule has 0 aromatic heterocycles. The summed E-state index contributed by atoms with van der Waals surface area (Å²) < 4.78 is 0. The smallest absolute Gasteiger partial charge is 0.242 e. The van der Waals surface area contributed by atoms with Crippen LogP contribution in [0.3, 0.4) is 0 Å². The van der Waals surface area contributed by atoms with Crippen LogP contribution in [0.5, 0.6) is 0 Å². The van der Waals surface area contributed by atoms with Gasteiger partial charge in [-0.1, -0.05) is 6.07 Å². The van der Waals surface area contributed by atoms with Crippen molar-refractivity contribution in [1.29, 1.82) is 0 Å². The summed E-state index contributed by atoms with van der Waals surface area (Å²) in [6.45, 7) is 6.67. The zero-order valence-electron chi connectivity index (χ0n) is 13.6. The Bertz CT molecular complexity index is 557. The number of nitrogens with one attached hydrogen (secondary N) is 2. The van der Waals surface area contributed by atoms with Crippen LogP contribution >= 0.6 is 0 Å². The van der Waals surface area contributed by atoms with Crippen LogP contribution in [0, 0.1) is 6.92 Å². The van der Waals surface area contributed by atoms with Crippen LogP contribution < -0.4 is 10.6 Å². The standard InChI is InChI=1S/C17H25N3O2/c1-12-7-4-5-10-20(12)17(22)11-18-15-8-6-9-16(13(15)2)19-14(3)21/h6,8-9,12,18H,4-5,7,10-11H2,1-3H3,(H,19,21). The van der Waals surface area contributed by atoms with Crippen LogP contribution in [0.25, 0.3) is 0 Å². The molecule has 1 heterocycles. The van der Waals surface area contributed by atoms with E-state index in [-0.39, 0.29) is 18.4 Å². The number of rotatable bonds is 4. The molecule has 0 aliphatic carbocycles. The van der Waals surface area contributed by atoms with Gasteiger partial charge in [-0.05, 0) is 50.8 Å². The zero-order valence-corrected chi connectivity index (χ0v) is 13.6. The van der Waals surface area contributed by atoms with Crippen molar-refractivity contribution in [3.05, 3.63) is 23.8 Å². The second kappa shape index (κ2) is 7.29. The van der Waals surface area contributed by atoms with Gasteiger partial charge in [-0.25, -0.2) is 0 Å². The molecular weight excluding hydrogens is 278 g/mol. The van der Waals surface area contributed by atoms with Crippen LogP contribution in [0.4, 0.5) is 11.4 Å². The molecule has 120 valence electrons. The fraction of sp³-hybridized carbons (Fsp3) is 0.529. The summed E-state index contributed by atoms with van der Waals surface area (Å²) in [5.41, 5.74) is 2.60. The molecule has 0 spiro atoms. The van der Waals surface area contributed by atoms with Crippen molar-refractivity contribution in [1.82, 2.24) is 4.90 Å². The third-order valence-electron chi connectivity index (χ3n) is 4.20. The van der Waals surface area contributed by atoms with Gasteiger partial charge in [0.15, 0.2) is 0 Å². The third kappa shape index (κ3) is 4.00. The van der Waals surface area contributed by atoms with Crippen molar-refractivity contribution < 1.29 is 9.59 Å². The van der Waals surface area contributed by atoms with Gasteiger partial charge >= 0.3 is 0 Å². The molecule has 2 N–H and O–H groups in total. The monoisotopic (exact) mass is 303 g/mol. The Hall–Kier alpha value is -2.04. The first-order chi connectivity index (χ1) is 10.5. The Balaban J connectivity index is 1.99. The molecular formula is C17H25N3O2. The molecule has 1 aromatic carbocycles. The molecule has 1 aromatic rings. The van der Waals surface area contributed by atoms with E-state index in [9.17, 15) is 9.59 Å². The molecule has 1 aliphatic rings. The summed E-state index contributed by atoms with van der Waals surface area (Å²) in [4.78, 5) is 25.5. The second-order valence-electron chi connectivity index (χ2n) is 5.94. The van der Waals surface area contributed by atoms with E-state index in [0.29, 0.717) is 6.04 Å². The van der Waals surface area contributed by atoms with Gasteiger partial charge in [-0.3, -0.25) is 9.59 Å². The van der Waals surface area contributed by atoms with E-state index in [4.69, 9.17) is 0 Å². The molecule has 1 fully saturated rings.